The molecule has 3 heterocycles. The van der Waals surface area contributed by atoms with Crippen LogP contribution >= 0.6 is 0 Å². The van der Waals surface area contributed by atoms with Gasteiger partial charge in [0, 0.05) is 25.8 Å². The van der Waals surface area contributed by atoms with Crippen LogP contribution in [-0.4, -0.2) is 53.6 Å². The number of aryl methyl sites for hydroxylation is 1. The summed E-state index contributed by atoms with van der Waals surface area (Å²) in [5.41, 5.74) is 1.19. The van der Waals surface area contributed by atoms with Crippen molar-refractivity contribution in [2.45, 2.75) is 31.0 Å². The van der Waals surface area contributed by atoms with Crippen molar-refractivity contribution in [2.75, 3.05) is 26.7 Å². The summed E-state index contributed by atoms with van der Waals surface area (Å²) in [6, 6.07) is 2.95. The van der Waals surface area contributed by atoms with Gasteiger partial charge in [0.2, 0.25) is 0 Å². The molecule has 2 aliphatic rings. The molecule has 1 N–H and O–H groups in total. The lowest BCUT2D eigenvalue weighted by molar-refractivity contribution is -0.0653. The van der Waals surface area contributed by atoms with Gasteiger partial charge in [0.25, 0.3) is 0 Å². The van der Waals surface area contributed by atoms with Gasteiger partial charge in [0.1, 0.15) is 0 Å². The van der Waals surface area contributed by atoms with Gasteiger partial charge in [-0.1, -0.05) is 0 Å². The molecule has 3 atom stereocenters. The highest BCUT2D eigenvalue weighted by atomic mass is 16.5. The van der Waals surface area contributed by atoms with E-state index in [0.717, 1.165) is 13.2 Å². The van der Waals surface area contributed by atoms with Crippen LogP contribution in [0.15, 0.2) is 12.3 Å². The minimum absolute atomic E-state index is 0.221. The second kappa shape index (κ2) is 4.99. The maximum absolute atomic E-state index is 6.08. The highest BCUT2D eigenvalue weighted by molar-refractivity contribution is 5.10. The molecular formula is C13H22N4O. The average Bonchev–Trinajstić information content (AvgIpc) is 2.99. The lowest BCUT2D eigenvalue weighted by atomic mass is 10.0. The fourth-order valence-electron chi connectivity index (χ4n) is 3.26. The van der Waals surface area contributed by atoms with E-state index in [4.69, 9.17) is 4.74 Å². The molecule has 100 valence electrons. The van der Waals surface area contributed by atoms with E-state index in [9.17, 15) is 0 Å². The van der Waals surface area contributed by atoms with Gasteiger partial charge in [-0.15, -0.1) is 0 Å². The summed E-state index contributed by atoms with van der Waals surface area (Å²) >= 11 is 0. The Morgan fingerprint density at radius 1 is 1.56 bits per heavy atom. The highest BCUT2D eigenvalue weighted by Gasteiger charge is 2.36. The van der Waals surface area contributed by atoms with Gasteiger partial charge < -0.3 is 10.1 Å². The number of nitrogens with zero attached hydrogens (tertiary/aromatic N) is 3. The Balaban J connectivity index is 1.74. The number of hydrogen-bond donors (Lipinski definition) is 1. The largest absolute Gasteiger partial charge is 0.373 e. The van der Waals surface area contributed by atoms with Crippen LogP contribution in [0.3, 0.4) is 0 Å². The fourth-order valence-corrected chi connectivity index (χ4v) is 3.26. The van der Waals surface area contributed by atoms with E-state index in [1.807, 2.05) is 25.0 Å². The van der Waals surface area contributed by atoms with E-state index in [0.29, 0.717) is 6.04 Å². The third-order valence-corrected chi connectivity index (χ3v) is 4.28. The monoisotopic (exact) mass is 250 g/mol. The molecule has 5 heteroatoms. The zero-order valence-electron chi connectivity index (χ0n) is 11.2. The minimum Gasteiger partial charge on any atom is -0.373 e. The van der Waals surface area contributed by atoms with Crippen LogP contribution in [0.4, 0.5) is 0 Å². The topological polar surface area (TPSA) is 42.3 Å². The van der Waals surface area contributed by atoms with Crippen LogP contribution in [-0.2, 0) is 11.8 Å². The molecule has 2 saturated heterocycles. The van der Waals surface area contributed by atoms with Crippen LogP contribution in [0.2, 0.25) is 0 Å². The second-order valence-electron chi connectivity index (χ2n) is 5.31. The molecule has 1 aromatic heterocycles. The van der Waals surface area contributed by atoms with Crippen LogP contribution in [0.25, 0.3) is 0 Å². The van der Waals surface area contributed by atoms with Gasteiger partial charge in [-0.05, 0) is 32.5 Å². The molecule has 0 aliphatic carbocycles. The lowest BCUT2D eigenvalue weighted by Gasteiger charge is -2.38. The Bertz CT molecular complexity index is 405. The van der Waals surface area contributed by atoms with Crippen molar-refractivity contribution in [3.05, 3.63) is 18.0 Å². The van der Waals surface area contributed by atoms with Crippen molar-refractivity contribution in [2.24, 2.45) is 7.05 Å². The molecular weight excluding hydrogens is 228 g/mol. The number of rotatable bonds is 3. The van der Waals surface area contributed by atoms with Crippen LogP contribution in [0.1, 0.15) is 24.6 Å². The summed E-state index contributed by atoms with van der Waals surface area (Å²) in [7, 11) is 3.98. The number of ether oxygens (including phenoxy) is 1. The first kappa shape index (κ1) is 12.1. The zero-order valence-corrected chi connectivity index (χ0v) is 11.2. The average molecular weight is 250 g/mol. The first-order valence-electron chi connectivity index (χ1n) is 6.80. The number of morpholine rings is 1. The highest BCUT2D eigenvalue weighted by Crippen LogP contribution is 2.28. The van der Waals surface area contributed by atoms with Crippen molar-refractivity contribution < 1.29 is 4.74 Å². The SMILES string of the molecule is CNC(c1ccnn1C)C1CN2CCCC2CO1. The molecule has 18 heavy (non-hydrogen) atoms. The van der Waals surface area contributed by atoms with E-state index in [1.165, 1.54) is 25.1 Å². The number of likely N-dealkylation sites (N-methyl/N-ethyl adjacent to an activating group) is 1. The molecule has 2 fully saturated rings. The van der Waals surface area contributed by atoms with Crippen LogP contribution in [0, 0.1) is 0 Å². The second-order valence-corrected chi connectivity index (χ2v) is 5.31. The van der Waals surface area contributed by atoms with E-state index in [-0.39, 0.29) is 12.1 Å². The lowest BCUT2D eigenvalue weighted by Crippen LogP contribution is -2.50. The quantitative estimate of drug-likeness (QED) is 0.850. The van der Waals surface area contributed by atoms with E-state index in [1.54, 1.807) is 0 Å². The number of fused-ring (bicyclic) bond motifs is 1. The molecule has 0 spiro atoms. The Morgan fingerprint density at radius 2 is 2.44 bits per heavy atom. The number of hydrogen-bond acceptors (Lipinski definition) is 4. The van der Waals surface area contributed by atoms with Crippen molar-refractivity contribution in [3.8, 4) is 0 Å². The smallest absolute Gasteiger partial charge is 0.0912 e. The van der Waals surface area contributed by atoms with Crippen molar-refractivity contribution in [3.63, 3.8) is 0 Å². The van der Waals surface area contributed by atoms with Crippen LogP contribution in [0.5, 0.6) is 0 Å². The van der Waals surface area contributed by atoms with Crippen molar-refractivity contribution >= 4 is 0 Å². The van der Waals surface area contributed by atoms with Gasteiger partial charge in [-0.3, -0.25) is 9.58 Å². The third kappa shape index (κ3) is 2.06. The summed E-state index contributed by atoms with van der Waals surface area (Å²) in [6.45, 7) is 3.13. The Labute approximate surface area is 108 Å². The van der Waals surface area contributed by atoms with E-state index in [2.05, 4.69) is 21.4 Å². The minimum atomic E-state index is 0.221. The molecule has 0 radical (unpaired) electrons. The summed E-state index contributed by atoms with van der Waals surface area (Å²) in [5.74, 6) is 0. The molecule has 0 bridgehead atoms. The number of nitrogens with one attached hydrogen (secondary N) is 1. The predicted molar refractivity (Wildman–Crippen MR) is 69.3 cm³/mol. The van der Waals surface area contributed by atoms with E-state index >= 15 is 0 Å². The molecule has 0 amide bonds. The van der Waals surface area contributed by atoms with Gasteiger partial charge in [0.05, 0.1) is 24.4 Å². The van der Waals surface area contributed by atoms with Gasteiger partial charge in [-0.25, -0.2) is 0 Å². The molecule has 5 nitrogen and oxygen atoms in total. The Hall–Kier alpha value is -0.910. The summed E-state index contributed by atoms with van der Waals surface area (Å²) in [6.07, 6.45) is 4.68. The summed E-state index contributed by atoms with van der Waals surface area (Å²) in [4.78, 5) is 2.58. The molecule has 3 unspecified atom stereocenters. The molecule has 2 aliphatic heterocycles. The Morgan fingerprint density at radius 3 is 3.17 bits per heavy atom. The summed E-state index contributed by atoms with van der Waals surface area (Å²) in [5, 5.41) is 7.64. The zero-order chi connectivity index (χ0) is 12.5. The van der Waals surface area contributed by atoms with Crippen molar-refractivity contribution in [1.29, 1.82) is 0 Å². The molecule has 3 rings (SSSR count). The maximum atomic E-state index is 6.08. The summed E-state index contributed by atoms with van der Waals surface area (Å²) < 4.78 is 8.01. The molecule has 0 aromatic carbocycles. The first-order chi connectivity index (χ1) is 8.79. The fraction of sp³-hybridized carbons (Fsp3) is 0.769. The van der Waals surface area contributed by atoms with E-state index < -0.39 is 0 Å². The standard InChI is InChI=1S/C13H22N4O/c1-14-13(11-5-6-15-16(11)2)12-8-17-7-3-4-10(17)9-18-12/h5-6,10,12-14H,3-4,7-9H2,1-2H3. The normalized spacial score (nSPS) is 30.3. The predicted octanol–water partition coefficient (Wildman–Crippen LogP) is 0.544. The molecule has 0 saturated carbocycles. The maximum Gasteiger partial charge on any atom is 0.0912 e. The number of aromatic nitrogens is 2. The third-order valence-electron chi connectivity index (χ3n) is 4.28. The first-order valence-corrected chi connectivity index (χ1v) is 6.80. The van der Waals surface area contributed by atoms with Gasteiger partial charge >= 0.3 is 0 Å². The molecule has 1 aromatic rings. The van der Waals surface area contributed by atoms with Crippen molar-refractivity contribution in [1.82, 2.24) is 20.0 Å². The van der Waals surface area contributed by atoms with Crippen LogP contribution < -0.4 is 5.32 Å². The van der Waals surface area contributed by atoms with Gasteiger partial charge in [-0.2, -0.15) is 5.10 Å². The Kier molecular flexibility index (Phi) is 3.37. The van der Waals surface area contributed by atoms with Gasteiger partial charge in [0.15, 0.2) is 0 Å².